The summed E-state index contributed by atoms with van der Waals surface area (Å²) in [6, 6.07) is 0. The Balaban J connectivity index is 1.86. The molecule has 9 heteroatoms. The smallest absolute Gasteiger partial charge is 0.409 e. The largest absolute Gasteiger partial charge is 0.418 e. The van der Waals surface area contributed by atoms with Crippen LogP contribution in [0, 0.1) is 0 Å². The number of hydrogen-bond acceptors (Lipinski definition) is 6. The van der Waals surface area contributed by atoms with Crippen molar-refractivity contribution < 1.29 is 14.3 Å². The van der Waals surface area contributed by atoms with Crippen LogP contribution in [-0.2, 0) is 9.47 Å². The van der Waals surface area contributed by atoms with Crippen LogP contribution in [0.15, 0.2) is 16.9 Å². The average molecular weight is 356 g/mol. The Kier molecular flexibility index (Phi) is 3.93. The van der Waals surface area contributed by atoms with Crippen molar-refractivity contribution in [3.8, 4) is 0 Å². The summed E-state index contributed by atoms with van der Waals surface area (Å²) in [7, 11) is 1.51. The highest BCUT2D eigenvalue weighted by Crippen LogP contribution is 2.33. The Bertz CT molecular complexity index is 661. The van der Waals surface area contributed by atoms with Gasteiger partial charge in [-0.15, -0.1) is 0 Å². The van der Waals surface area contributed by atoms with Gasteiger partial charge < -0.3 is 19.7 Å². The molecule has 2 N–H and O–H groups in total. The minimum absolute atomic E-state index is 0.441. The minimum atomic E-state index is -0.610. The van der Waals surface area contributed by atoms with Crippen molar-refractivity contribution in [1.29, 1.82) is 0 Å². The molecule has 1 unspecified atom stereocenters. The molecule has 2 aromatic heterocycles. The third-order valence-corrected chi connectivity index (χ3v) is 3.78. The topological polar surface area (TPSA) is 92.4 Å². The summed E-state index contributed by atoms with van der Waals surface area (Å²) >= 11 is 3.52. The van der Waals surface area contributed by atoms with Gasteiger partial charge in [0, 0.05) is 19.8 Å². The van der Waals surface area contributed by atoms with E-state index in [1.54, 1.807) is 12.4 Å². The summed E-state index contributed by atoms with van der Waals surface area (Å²) in [6.45, 7) is 1.60. The Morgan fingerprint density at radius 2 is 2.48 bits per heavy atom. The molecule has 2 aromatic rings. The molecule has 0 spiro atoms. The molecule has 3 heterocycles. The van der Waals surface area contributed by atoms with E-state index >= 15 is 0 Å². The number of anilines is 1. The van der Waals surface area contributed by atoms with Crippen molar-refractivity contribution in [3.63, 3.8) is 0 Å². The van der Waals surface area contributed by atoms with E-state index in [0.717, 1.165) is 15.5 Å². The second kappa shape index (κ2) is 5.86. The van der Waals surface area contributed by atoms with Crippen molar-refractivity contribution in [1.82, 2.24) is 20.5 Å². The maximum Gasteiger partial charge on any atom is 0.409 e. The van der Waals surface area contributed by atoms with Gasteiger partial charge in [0.15, 0.2) is 5.65 Å². The summed E-state index contributed by atoms with van der Waals surface area (Å²) < 4.78 is 11.5. The Labute approximate surface area is 128 Å². The van der Waals surface area contributed by atoms with Gasteiger partial charge in [-0.25, -0.2) is 9.78 Å². The van der Waals surface area contributed by atoms with Gasteiger partial charge in [-0.3, -0.25) is 5.10 Å². The maximum absolute atomic E-state index is 11.3. The fraction of sp³-hybridized carbons (Fsp3) is 0.417. The van der Waals surface area contributed by atoms with Crippen LogP contribution in [0.2, 0.25) is 0 Å². The monoisotopic (exact) mass is 355 g/mol. The van der Waals surface area contributed by atoms with Crippen LogP contribution in [0.25, 0.3) is 11.0 Å². The Hall–Kier alpha value is -1.87. The number of aromatic amines is 1. The zero-order valence-electron chi connectivity index (χ0n) is 11.3. The van der Waals surface area contributed by atoms with E-state index < -0.39 is 12.4 Å². The molecule has 8 nitrogen and oxygen atoms in total. The molecule has 1 aliphatic rings. The molecular formula is C12H14BrN5O3. The number of hydrogen-bond donors (Lipinski definition) is 2. The highest BCUT2D eigenvalue weighted by Gasteiger charge is 2.26. The Morgan fingerprint density at radius 3 is 3.29 bits per heavy atom. The second-order valence-electron chi connectivity index (χ2n) is 4.49. The SMILES string of the molecule is CNC(=O)OC1CN(c2c(Br)cnc3[nH]ncc23)CCO1. The van der Waals surface area contributed by atoms with Crippen molar-refractivity contribution in [2.75, 3.05) is 31.6 Å². The summed E-state index contributed by atoms with van der Waals surface area (Å²) in [4.78, 5) is 17.6. The summed E-state index contributed by atoms with van der Waals surface area (Å²) in [6.07, 6.45) is 2.33. The van der Waals surface area contributed by atoms with E-state index in [-0.39, 0.29) is 0 Å². The number of H-pyrrole nitrogens is 1. The van der Waals surface area contributed by atoms with Crippen molar-refractivity contribution in [3.05, 3.63) is 16.9 Å². The fourth-order valence-corrected chi connectivity index (χ4v) is 2.82. The molecule has 0 aliphatic carbocycles. The van der Waals surface area contributed by atoms with E-state index in [1.165, 1.54) is 7.05 Å². The average Bonchev–Trinajstić information content (AvgIpc) is 2.95. The zero-order chi connectivity index (χ0) is 14.8. The van der Waals surface area contributed by atoms with Crippen LogP contribution in [0.4, 0.5) is 10.5 Å². The molecule has 112 valence electrons. The van der Waals surface area contributed by atoms with E-state index in [1.807, 2.05) is 0 Å². The molecule has 1 saturated heterocycles. The molecule has 0 radical (unpaired) electrons. The molecule has 0 bridgehead atoms. The van der Waals surface area contributed by atoms with E-state index in [9.17, 15) is 4.79 Å². The van der Waals surface area contributed by atoms with Gasteiger partial charge in [0.05, 0.1) is 34.9 Å². The van der Waals surface area contributed by atoms with Gasteiger partial charge in [-0.2, -0.15) is 5.10 Å². The van der Waals surface area contributed by atoms with Gasteiger partial charge in [-0.05, 0) is 15.9 Å². The van der Waals surface area contributed by atoms with Crippen molar-refractivity contribution >= 4 is 38.7 Å². The number of nitrogens with one attached hydrogen (secondary N) is 2. The van der Waals surface area contributed by atoms with Gasteiger partial charge in [0.2, 0.25) is 6.29 Å². The van der Waals surface area contributed by atoms with Crippen molar-refractivity contribution in [2.45, 2.75) is 6.29 Å². The second-order valence-corrected chi connectivity index (χ2v) is 5.34. The van der Waals surface area contributed by atoms with Crippen LogP contribution in [0.5, 0.6) is 0 Å². The highest BCUT2D eigenvalue weighted by molar-refractivity contribution is 9.10. The van der Waals surface area contributed by atoms with Crippen molar-refractivity contribution in [2.24, 2.45) is 0 Å². The molecule has 0 aromatic carbocycles. The molecular weight excluding hydrogens is 342 g/mol. The quantitative estimate of drug-likeness (QED) is 0.841. The van der Waals surface area contributed by atoms with Gasteiger partial charge in [0.1, 0.15) is 0 Å². The van der Waals surface area contributed by atoms with Gasteiger partial charge >= 0.3 is 6.09 Å². The van der Waals surface area contributed by atoms with Crippen LogP contribution >= 0.6 is 15.9 Å². The first-order chi connectivity index (χ1) is 10.2. The van der Waals surface area contributed by atoms with Gasteiger partial charge in [-0.1, -0.05) is 0 Å². The number of fused-ring (bicyclic) bond motifs is 1. The van der Waals surface area contributed by atoms with Gasteiger partial charge in [0.25, 0.3) is 0 Å². The first-order valence-corrected chi connectivity index (χ1v) is 7.21. The number of amides is 1. The number of ether oxygens (including phenoxy) is 2. The normalized spacial score (nSPS) is 18.8. The lowest BCUT2D eigenvalue weighted by molar-refractivity contribution is -0.108. The molecule has 21 heavy (non-hydrogen) atoms. The summed E-state index contributed by atoms with van der Waals surface area (Å²) in [5, 5.41) is 10.2. The molecule has 1 aliphatic heterocycles. The first-order valence-electron chi connectivity index (χ1n) is 6.41. The molecule has 1 amide bonds. The Morgan fingerprint density at radius 1 is 1.62 bits per heavy atom. The third kappa shape index (κ3) is 2.79. The van der Waals surface area contributed by atoms with E-state index in [4.69, 9.17) is 9.47 Å². The molecule has 1 fully saturated rings. The highest BCUT2D eigenvalue weighted by atomic mass is 79.9. The number of halogens is 1. The predicted octanol–water partition coefficient (Wildman–Crippen LogP) is 1.24. The number of rotatable bonds is 2. The molecule has 0 saturated carbocycles. The lowest BCUT2D eigenvalue weighted by atomic mass is 10.2. The fourth-order valence-electron chi connectivity index (χ4n) is 2.25. The molecule has 3 rings (SSSR count). The standard InChI is InChI=1S/C12H14BrN5O3/c1-14-12(19)21-9-6-18(2-3-20-9)10-7-4-16-17-11(7)15-5-8(10)13/h4-5,9H,2-3,6H2,1H3,(H,14,19)(H,15,16,17). The number of aromatic nitrogens is 3. The lowest BCUT2D eigenvalue weighted by Gasteiger charge is -2.34. The van der Waals surface area contributed by atoms with E-state index in [2.05, 4.69) is 41.3 Å². The first kappa shape index (κ1) is 14.1. The maximum atomic E-state index is 11.3. The molecule has 1 atom stereocenters. The van der Waals surface area contributed by atoms with E-state index in [0.29, 0.717) is 25.3 Å². The number of carbonyl (C=O) groups is 1. The van der Waals surface area contributed by atoms with Crippen LogP contribution in [0.1, 0.15) is 0 Å². The number of nitrogens with zero attached hydrogens (tertiary/aromatic N) is 3. The number of carbonyl (C=O) groups excluding carboxylic acids is 1. The van der Waals surface area contributed by atoms with Crippen LogP contribution in [0.3, 0.4) is 0 Å². The third-order valence-electron chi connectivity index (χ3n) is 3.20. The van der Waals surface area contributed by atoms with Crippen LogP contribution < -0.4 is 10.2 Å². The predicted molar refractivity (Wildman–Crippen MR) is 79.1 cm³/mol. The summed E-state index contributed by atoms with van der Waals surface area (Å²) in [5.74, 6) is 0. The number of morpholine rings is 1. The minimum Gasteiger partial charge on any atom is -0.418 e. The number of pyridine rings is 1. The summed E-state index contributed by atoms with van der Waals surface area (Å²) in [5.41, 5.74) is 1.67. The number of alkyl carbamates (subject to hydrolysis) is 1. The zero-order valence-corrected chi connectivity index (χ0v) is 12.9. The lowest BCUT2D eigenvalue weighted by Crippen LogP contribution is -2.45. The van der Waals surface area contributed by atoms with Crippen LogP contribution in [-0.4, -0.2) is 54.3 Å².